The van der Waals surface area contributed by atoms with E-state index in [-0.39, 0.29) is 11.4 Å². The Morgan fingerprint density at radius 3 is 2.81 bits per heavy atom. The van der Waals surface area contributed by atoms with Gasteiger partial charge in [0.25, 0.3) is 0 Å². The third-order valence-corrected chi connectivity index (χ3v) is 4.81. The summed E-state index contributed by atoms with van der Waals surface area (Å²) in [5.74, 6) is -2.50. The van der Waals surface area contributed by atoms with Gasteiger partial charge in [-0.2, -0.15) is 0 Å². The molecule has 1 aromatic carbocycles. The number of sulfonamides is 1. The number of aromatic carboxylic acids is 1. The molecule has 1 aliphatic heterocycles. The highest BCUT2D eigenvalue weighted by molar-refractivity contribution is 7.89. The minimum atomic E-state index is -3.92. The van der Waals surface area contributed by atoms with Crippen molar-refractivity contribution in [2.75, 3.05) is 13.2 Å². The molecule has 0 aromatic heterocycles. The van der Waals surface area contributed by atoms with Gasteiger partial charge in [-0.05, 0) is 38.0 Å². The Labute approximate surface area is 122 Å². The molecule has 1 unspecified atom stereocenters. The fourth-order valence-electron chi connectivity index (χ4n) is 2.14. The summed E-state index contributed by atoms with van der Waals surface area (Å²) in [5, 5.41) is 8.82. The third kappa shape index (κ3) is 3.58. The molecule has 1 heterocycles. The second kappa shape index (κ2) is 5.70. The first-order chi connectivity index (χ1) is 9.73. The Balaban J connectivity index is 2.19. The first kappa shape index (κ1) is 15.9. The number of carboxylic acids is 1. The van der Waals surface area contributed by atoms with Gasteiger partial charge in [0, 0.05) is 13.2 Å². The van der Waals surface area contributed by atoms with Gasteiger partial charge in [-0.3, -0.25) is 0 Å². The normalized spacial score (nSPS) is 22.4. The lowest BCUT2D eigenvalue weighted by atomic mass is 10.0. The molecule has 1 fully saturated rings. The number of nitrogens with one attached hydrogen (secondary N) is 1. The van der Waals surface area contributed by atoms with Crippen molar-refractivity contribution in [3.05, 3.63) is 29.6 Å². The van der Waals surface area contributed by atoms with Crippen LogP contribution in [0.2, 0.25) is 0 Å². The fraction of sp³-hybridized carbons (Fsp3) is 0.462. The van der Waals surface area contributed by atoms with Crippen molar-refractivity contribution < 1.29 is 27.4 Å². The van der Waals surface area contributed by atoms with Gasteiger partial charge >= 0.3 is 5.97 Å². The molecule has 0 bridgehead atoms. The highest BCUT2D eigenvalue weighted by Crippen LogP contribution is 2.25. The van der Waals surface area contributed by atoms with Gasteiger partial charge in [0.15, 0.2) is 0 Å². The van der Waals surface area contributed by atoms with Crippen LogP contribution in [0.25, 0.3) is 0 Å². The van der Waals surface area contributed by atoms with E-state index in [1.165, 1.54) is 0 Å². The highest BCUT2D eigenvalue weighted by Gasteiger charge is 2.31. The van der Waals surface area contributed by atoms with E-state index in [4.69, 9.17) is 9.84 Å². The largest absolute Gasteiger partial charge is 0.478 e. The zero-order valence-electron chi connectivity index (χ0n) is 11.4. The average Bonchev–Trinajstić information content (AvgIpc) is 2.84. The number of rotatable bonds is 5. The Bertz CT molecular complexity index is 653. The summed E-state index contributed by atoms with van der Waals surface area (Å²) in [4.78, 5) is 10.6. The van der Waals surface area contributed by atoms with E-state index in [0.29, 0.717) is 6.61 Å². The molecule has 8 heteroatoms. The zero-order valence-corrected chi connectivity index (χ0v) is 12.2. The van der Waals surface area contributed by atoms with E-state index < -0.39 is 33.0 Å². The maximum atomic E-state index is 13.3. The van der Waals surface area contributed by atoms with E-state index in [0.717, 1.165) is 31.0 Å². The molecule has 1 aliphatic rings. The molecule has 1 saturated heterocycles. The lowest BCUT2D eigenvalue weighted by Crippen LogP contribution is -2.40. The van der Waals surface area contributed by atoms with Crippen LogP contribution in [0.4, 0.5) is 4.39 Å². The van der Waals surface area contributed by atoms with Crippen molar-refractivity contribution in [2.24, 2.45) is 0 Å². The van der Waals surface area contributed by atoms with Crippen molar-refractivity contribution in [3.63, 3.8) is 0 Å². The molecular formula is C13H16FNO5S. The van der Waals surface area contributed by atoms with Crippen LogP contribution in [0.1, 0.15) is 30.1 Å². The number of benzene rings is 1. The second-order valence-electron chi connectivity index (χ2n) is 5.17. The lowest BCUT2D eigenvalue weighted by Gasteiger charge is -2.23. The van der Waals surface area contributed by atoms with Gasteiger partial charge in [0.05, 0.1) is 16.1 Å². The minimum absolute atomic E-state index is 0.0785. The SMILES string of the molecule is CC1(CNS(=O)(=O)c2ccc(F)c(C(=O)O)c2)CCCO1. The van der Waals surface area contributed by atoms with Crippen molar-refractivity contribution in [1.82, 2.24) is 4.72 Å². The van der Waals surface area contributed by atoms with Crippen LogP contribution >= 0.6 is 0 Å². The predicted octanol–water partition coefficient (Wildman–Crippen LogP) is 1.37. The summed E-state index contributed by atoms with van der Waals surface area (Å²) in [6.07, 6.45) is 1.59. The molecule has 0 saturated carbocycles. The predicted molar refractivity (Wildman–Crippen MR) is 72.1 cm³/mol. The van der Waals surface area contributed by atoms with Crippen LogP contribution in [-0.4, -0.2) is 38.2 Å². The van der Waals surface area contributed by atoms with Crippen molar-refractivity contribution in [1.29, 1.82) is 0 Å². The molecule has 6 nitrogen and oxygen atoms in total. The average molecular weight is 317 g/mol. The van der Waals surface area contributed by atoms with Gasteiger partial charge in [0.2, 0.25) is 10.0 Å². The van der Waals surface area contributed by atoms with Gasteiger partial charge in [-0.1, -0.05) is 0 Å². The minimum Gasteiger partial charge on any atom is -0.478 e. The molecule has 0 amide bonds. The van der Waals surface area contributed by atoms with Crippen molar-refractivity contribution >= 4 is 16.0 Å². The number of carbonyl (C=O) groups is 1. The number of hydrogen-bond donors (Lipinski definition) is 2. The van der Waals surface area contributed by atoms with Gasteiger partial charge in [0.1, 0.15) is 5.82 Å². The third-order valence-electron chi connectivity index (χ3n) is 3.42. The topological polar surface area (TPSA) is 92.7 Å². The maximum Gasteiger partial charge on any atom is 0.338 e. The Morgan fingerprint density at radius 1 is 1.52 bits per heavy atom. The molecule has 1 atom stereocenters. The van der Waals surface area contributed by atoms with Gasteiger partial charge in [-0.15, -0.1) is 0 Å². The molecule has 0 aliphatic carbocycles. The lowest BCUT2D eigenvalue weighted by molar-refractivity contribution is 0.0250. The number of ether oxygens (including phenoxy) is 1. The molecule has 21 heavy (non-hydrogen) atoms. The van der Waals surface area contributed by atoms with Crippen molar-refractivity contribution in [3.8, 4) is 0 Å². The summed E-state index contributed by atoms with van der Waals surface area (Å²) in [6, 6.07) is 2.66. The van der Waals surface area contributed by atoms with E-state index >= 15 is 0 Å². The molecule has 116 valence electrons. The molecular weight excluding hydrogens is 301 g/mol. The summed E-state index contributed by atoms with van der Waals surface area (Å²) in [7, 11) is -3.92. The maximum absolute atomic E-state index is 13.3. The van der Waals surface area contributed by atoms with Gasteiger partial charge < -0.3 is 9.84 Å². The standard InChI is InChI=1S/C13H16FNO5S/c1-13(5-2-6-20-13)8-15-21(18,19)9-3-4-11(14)10(7-9)12(16)17/h3-4,7,15H,2,5-6,8H2,1H3,(H,16,17). The highest BCUT2D eigenvalue weighted by atomic mass is 32.2. The smallest absolute Gasteiger partial charge is 0.338 e. The van der Waals surface area contributed by atoms with E-state index in [1.54, 1.807) is 6.92 Å². The van der Waals surface area contributed by atoms with Crippen molar-refractivity contribution in [2.45, 2.75) is 30.3 Å². The second-order valence-corrected chi connectivity index (χ2v) is 6.94. The number of carboxylic acid groups (broad SMARTS) is 1. The fourth-order valence-corrected chi connectivity index (χ4v) is 3.32. The number of hydrogen-bond acceptors (Lipinski definition) is 4. The molecule has 2 N–H and O–H groups in total. The first-order valence-corrected chi connectivity index (χ1v) is 7.88. The Kier molecular flexibility index (Phi) is 4.31. The van der Waals surface area contributed by atoms with Crippen LogP contribution in [0.5, 0.6) is 0 Å². The number of halogens is 1. The van der Waals surface area contributed by atoms with E-state index in [2.05, 4.69) is 4.72 Å². The summed E-state index contributed by atoms with van der Waals surface area (Å²) in [5.41, 5.74) is -1.25. The zero-order chi connectivity index (χ0) is 15.7. The summed E-state index contributed by atoms with van der Waals surface area (Å²) < 4.78 is 45.4. The van der Waals surface area contributed by atoms with E-state index in [9.17, 15) is 17.6 Å². The van der Waals surface area contributed by atoms with Gasteiger partial charge in [-0.25, -0.2) is 22.3 Å². The first-order valence-electron chi connectivity index (χ1n) is 6.40. The monoisotopic (exact) mass is 317 g/mol. The van der Waals surface area contributed by atoms with E-state index in [1.807, 2.05) is 0 Å². The van der Waals surface area contributed by atoms with Crippen LogP contribution in [0.3, 0.4) is 0 Å². The summed E-state index contributed by atoms with van der Waals surface area (Å²) >= 11 is 0. The van der Waals surface area contributed by atoms with Crippen LogP contribution < -0.4 is 4.72 Å². The molecule has 1 aromatic rings. The summed E-state index contributed by atoms with van der Waals surface area (Å²) in [6.45, 7) is 2.46. The van der Waals surface area contributed by atoms with Crippen LogP contribution in [0, 0.1) is 5.82 Å². The Hall–Kier alpha value is -1.51. The quantitative estimate of drug-likeness (QED) is 0.855. The molecule has 0 radical (unpaired) electrons. The van der Waals surface area contributed by atoms with Crippen LogP contribution in [0.15, 0.2) is 23.1 Å². The Morgan fingerprint density at radius 2 is 2.24 bits per heavy atom. The molecule has 0 spiro atoms. The molecule has 2 rings (SSSR count). The van der Waals surface area contributed by atoms with Crippen LogP contribution in [-0.2, 0) is 14.8 Å².